The average molecular weight is 312 g/mol. The monoisotopic (exact) mass is 312 g/mol. The van der Waals surface area contributed by atoms with Crippen LogP contribution in [0.1, 0.15) is 27.0 Å². The Morgan fingerprint density at radius 2 is 1.82 bits per heavy atom. The zero-order valence-electron chi connectivity index (χ0n) is 12.0. The van der Waals surface area contributed by atoms with Gasteiger partial charge in [-0.05, 0) is 25.5 Å². The van der Waals surface area contributed by atoms with Crippen molar-refractivity contribution in [2.45, 2.75) is 13.8 Å². The second-order valence-corrected chi connectivity index (χ2v) is 5.61. The van der Waals surface area contributed by atoms with Crippen LogP contribution in [0.2, 0.25) is 0 Å². The molecule has 0 aromatic heterocycles. The van der Waals surface area contributed by atoms with Crippen LogP contribution in [0.25, 0.3) is 0 Å². The third kappa shape index (κ3) is 2.08. The first-order chi connectivity index (χ1) is 10.4. The predicted molar refractivity (Wildman–Crippen MR) is 87.5 cm³/mol. The Hall–Kier alpha value is -2.60. The largest absolute Gasteiger partial charge is 0.271 e. The van der Waals surface area contributed by atoms with Crippen molar-refractivity contribution in [3.05, 3.63) is 68.8 Å². The number of anilines is 1. The van der Waals surface area contributed by atoms with Gasteiger partial charge in [0, 0.05) is 17.7 Å². The molecule has 0 saturated heterocycles. The van der Waals surface area contributed by atoms with E-state index in [1.807, 2.05) is 19.1 Å². The van der Waals surface area contributed by atoms with E-state index in [1.54, 1.807) is 19.1 Å². The van der Waals surface area contributed by atoms with Gasteiger partial charge in [0.2, 0.25) is 0 Å². The van der Waals surface area contributed by atoms with E-state index in [4.69, 9.17) is 12.2 Å². The predicted octanol–water partition coefficient (Wildman–Crippen LogP) is 3.55. The number of thiocarbonyl (C=S) groups is 1. The lowest BCUT2D eigenvalue weighted by Gasteiger charge is -2.18. The van der Waals surface area contributed by atoms with Crippen LogP contribution in [-0.4, -0.2) is 15.8 Å². The molecular weight excluding hydrogens is 300 g/mol. The SMILES string of the molecule is Cc1ccc2c(c1)C(=O)N(c1cc([N+](=O)[O-])ccc1C)C2=S. The molecule has 0 spiro atoms. The standard InChI is InChI=1S/C16H12N2O3S/c1-9-3-6-12-13(7-9)15(19)17(16(12)22)14-8-11(18(20)21)5-4-10(14)2/h3-8H,1-2H3. The Bertz CT molecular complexity index is 845. The van der Waals surface area contributed by atoms with E-state index < -0.39 is 4.92 Å². The highest BCUT2D eigenvalue weighted by Gasteiger charge is 2.34. The van der Waals surface area contributed by atoms with Crippen LogP contribution >= 0.6 is 12.2 Å². The van der Waals surface area contributed by atoms with E-state index in [1.165, 1.54) is 17.0 Å². The Balaban J connectivity index is 2.15. The number of aryl methyl sites for hydroxylation is 2. The molecule has 0 N–H and O–H groups in total. The fourth-order valence-electron chi connectivity index (χ4n) is 2.53. The summed E-state index contributed by atoms with van der Waals surface area (Å²) in [7, 11) is 0. The molecule has 110 valence electrons. The number of nitro benzene ring substituents is 1. The minimum absolute atomic E-state index is 0.0664. The molecule has 1 heterocycles. The summed E-state index contributed by atoms with van der Waals surface area (Å²) in [6.07, 6.45) is 0. The number of carbonyl (C=O) groups is 1. The summed E-state index contributed by atoms with van der Waals surface area (Å²) in [6.45, 7) is 3.70. The quantitative estimate of drug-likeness (QED) is 0.483. The molecule has 2 aromatic carbocycles. The van der Waals surface area contributed by atoms with E-state index in [0.717, 1.165) is 11.1 Å². The highest BCUT2D eigenvalue weighted by atomic mass is 32.1. The Morgan fingerprint density at radius 3 is 2.50 bits per heavy atom. The van der Waals surface area contributed by atoms with Gasteiger partial charge in [-0.1, -0.05) is 36.0 Å². The molecule has 0 aliphatic carbocycles. The van der Waals surface area contributed by atoms with Crippen molar-refractivity contribution in [2.24, 2.45) is 0 Å². The first kappa shape index (κ1) is 14.3. The summed E-state index contributed by atoms with van der Waals surface area (Å²) in [6, 6.07) is 9.92. The van der Waals surface area contributed by atoms with E-state index in [-0.39, 0.29) is 11.6 Å². The summed E-state index contributed by atoms with van der Waals surface area (Å²) in [5, 5.41) is 11.0. The average Bonchev–Trinajstić information content (AvgIpc) is 2.71. The normalized spacial score (nSPS) is 13.5. The van der Waals surface area contributed by atoms with E-state index >= 15 is 0 Å². The second kappa shape index (κ2) is 4.99. The number of hydrogen-bond donors (Lipinski definition) is 0. The summed E-state index contributed by atoms with van der Waals surface area (Å²) in [5.74, 6) is -0.243. The lowest BCUT2D eigenvalue weighted by Crippen LogP contribution is -2.29. The lowest BCUT2D eigenvalue weighted by molar-refractivity contribution is -0.384. The molecular formula is C16H12N2O3S. The number of nitro groups is 1. The van der Waals surface area contributed by atoms with Gasteiger partial charge in [0.05, 0.1) is 16.2 Å². The fourth-order valence-corrected chi connectivity index (χ4v) is 2.88. The van der Waals surface area contributed by atoms with E-state index in [2.05, 4.69) is 0 Å². The minimum atomic E-state index is -0.482. The number of hydrogen-bond acceptors (Lipinski definition) is 4. The van der Waals surface area contributed by atoms with Crippen molar-refractivity contribution < 1.29 is 9.72 Å². The smallest absolute Gasteiger partial charge is 0.268 e. The lowest BCUT2D eigenvalue weighted by atomic mass is 10.1. The molecule has 0 saturated carbocycles. The van der Waals surface area contributed by atoms with Gasteiger partial charge in [-0.3, -0.25) is 19.8 Å². The molecule has 5 nitrogen and oxygen atoms in total. The first-order valence-corrected chi connectivity index (χ1v) is 7.05. The number of carbonyl (C=O) groups excluding carboxylic acids is 1. The molecule has 22 heavy (non-hydrogen) atoms. The van der Waals surface area contributed by atoms with Crippen molar-refractivity contribution in [1.82, 2.24) is 0 Å². The third-order valence-electron chi connectivity index (χ3n) is 3.69. The van der Waals surface area contributed by atoms with Gasteiger partial charge in [-0.2, -0.15) is 0 Å². The topological polar surface area (TPSA) is 63.5 Å². The maximum atomic E-state index is 12.7. The summed E-state index contributed by atoms with van der Waals surface area (Å²) in [5.41, 5.74) is 3.34. The zero-order chi connectivity index (χ0) is 16.0. The molecule has 0 bridgehead atoms. The Morgan fingerprint density at radius 1 is 1.09 bits per heavy atom. The molecule has 1 aliphatic rings. The van der Waals surface area contributed by atoms with E-state index in [0.29, 0.717) is 21.8 Å². The third-order valence-corrected chi connectivity index (χ3v) is 4.09. The van der Waals surface area contributed by atoms with Crippen molar-refractivity contribution >= 4 is 34.5 Å². The van der Waals surface area contributed by atoms with Crippen LogP contribution < -0.4 is 4.90 Å². The van der Waals surface area contributed by atoms with Crippen molar-refractivity contribution in [2.75, 3.05) is 4.90 Å². The van der Waals surface area contributed by atoms with Crippen LogP contribution in [0, 0.1) is 24.0 Å². The van der Waals surface area contributed by atoms with Crippen LogP contribution in [0.5, 0.6) is 0 Å². The van der Waals surface area contributed by atoms with Gasteiger partial charge in [-0.25, -0.2) is 0 Å². The summed E-state index contributed by atoms with van der Waals surface area (Å²) in [4.78, 5) is 24.9. The van der Waals surface area contributed by atoms with Gasteiger partial charge < -0.3 is 0 Å². The molecule has 0 radical (unpaired) electrons. The highest BCUT2D eigenvalue weighted by Crippen LogP contribution is 2.33. The maximum absolute atomic E-state index is 12.7. The van der Waals surface area contributed by atoms with Crippen LogP contribution in [-0.2, 0) is 0 Å². The summed E-state index contributed by atoms with van der Waals surface area (Å²) >= 11 is 5.40. The van der Waals surface area contributed by atoms with Crippen LogP contribution in [0.4, 0.5) is 11.4 Å². The molecule has 0 fully saturated rings. The van der Waals surface area contributed by atoms with Gasteiger partial charge in [-0.15, -0.1) is 0 Å². The number of fused-ring (bicyclic) bond motifs is 1. The Kier molecular flexibility index (Phi) is 3.26. The van der Waals surface area contributed by atoms with Crippen LogP contribution in [0.15, 0.2) is 36.4 Å². The van der Waals surface area contributed by atoms with Crippen LogP contribution in [0.3, 0.4) is 0 Å². The van der Waals surface area contributed by atoms with Crippen molar-refractivity contribution in [3.8, 4) is 0 Å². The van der Waals surface area contributed by atoms with Gasteiger partial charge in [0.15, 0.2) is 0 Å². The second-order valence-electron chi connectivity index (χ2n) is 5.22. The minimum Gasteiger partial charge on any atom is -0.268 e. The molecule has 6 heteroatoms. The zero-order valence-corrected chi connectivity index (χ0v) is 12.8. The molecule has 1 aliphatic heterocycles. The maximum Gasteiger partial charge on any atom is 0.271 e. The molecule has 0 atom stereocenters. The first-order valence-electron chi connectivity index (χ1n) is 6.64. The van der Waals surface area contributed by atoms with Gasteiger partial charge in [0.25, 0.3) is 11.6 Å². The molecule has 1 amide bonds. The number of non-ortho nitro benzene ring substituents is 1. The van der Waals surface area contributed by atoms with E-state index in [9.17, 15) is 14.9 Å². The molecule has 2 aromatic rings. The summed E-state index contributed by atoms with van der Waals surface area (Å²) < 4.78 is 0. The van der Waals surface area contributed by atoms with Crippen molar-refractivity contribution in [3.63, 3.8) is 0 Å². The number of rotatable bonds is 2. The molecule has 0 unspecified atom stereocenters. The highest BCUT2D eigenvalue weighted by molar-refractivity contribution is 7.81. The van der Waals surface area contributed by atoms with Gasteiger partial charge >= 0.3 is 0 Å². The van der Waals surface area contributed by atoms with Crippen molar-refractivity contribution in [1.29, 1.82) is 0 Å². The Labute approximate surface area is 132 Å². The molecule has 3 rings (SSSR count). The van der Waals surface area contributed by atoms with Gasteiger partial charge in [0.1, 0.15) is 4.99 Å². The fraction of sp³-hybridized carbons (Fsp3) is 0.125. The number of benzene rings is 2. The number of nitrogens with zero attached hydrogens (tertiary/aromatic N) is 2. The number of amides is 1.